The van der Waals surface area contributed by atoms with E-state index in [1.807, 2.05) is 0 Å². The molecule has 0 aliphatic rings. The van der Waals surface area contributed by atoms with Crippen molar-refractivity contribution < 1.29 is 13.2 Å². The Morgan fingerprint density at radius 1 is 1.50 bits per heavy atom. The summed E-state index contributed by atoms with van der Waals surface area (Å²) in [4.78, 5) is 2.47. The quantitative estimate of drug-likeness (QED) is 0.677. The summed E-state index contributed by atoms with van der Waals surface area (Å²) < 4.78 is 36.0. The van der Waals surface area contributed by atoms with Crippen molar-refractivity contribution in [3.8, 4) is 0 Å². The summed E-state index contributed by atoms with van der Waals surface area (Å²) in [5.41, 5.74) is 5.67. The van der Waals surface area contributed by atoms with Gasteiger partial charge in [0.25, 0.3) is 0 Å². The van der Waals surface area contributed by atoms with Crippen LogP contribution in [0.5, 0.6) is 0 Å². The normalized spacial score (nSPS) is 14.8. The van der Waals surface area contributed by atoms with Crippen LogP contribution in [0.4, 0.5) is 13.2 Å². The minimum absolute atomic E-state index is 0.000000000000000444. The van der Waals surface area contributed by atoms with Gasteiger partial charge in [0.2, 0.25) is 0 Å². The number of aryl methyl sites for hydroxylation is 1. The first-order chi connectivity index (χ1) is 5.41. The highest BCUT2D eigenvalue weighted by atomic mass is 19.4. The third kappa shape index (κ3) is 1.79. The Morgan fingerprint density at radius 3 is 2.42 bits per heavy atom. The molecule has 12 heavy (non-hydrogen) atoms. The monoisotopic (exact) mass is 178 g/mol. The van der Waals surface area contributed by atoms with Crippen LogP contribution in [0.1, 0.15) is 17.3 Å². The molecule has 1 aromatic rings. The molecule has 0 aliphatic carbocycles. The van der Waals surface area contributed by atoms with E-state index >= 15 is 0 Å². The Bertz CT molecular complexity index is 264. The number of aromatic nitrogens is 1. The fourth-order valence-corrected chi connectivity index (χ4v) is 0.882. The summed E-state index contributed by atoms with van der Waals surface area (Å²) in [7, 11) is 0. The van der Waals surface area contributed by atoms with Gasteiger partial charge < -0.3 is 10.7 Å². The Kier molecular flexibility index (Phi) is 2.14. The number of nitrogens with one attached hydrogen (secondary N) is 1. The molecule has 0 saturated heterocycles. The minimum atomic E-state index is -4.38. The van der Waals surface area contributed by atoms with Gasteiger partial charge in [0, 0.05) is 11.9 Å². The molecule has 0 fully saturated rings. The van der Waals surface area contributed by atoms with E-state index in [0.29, 0.717) is 0 Å². The molecule has 0 aliphatic heterocycles. The molecule has 5 heteroatoms. The zero-order valence-corrected chi connectivity index (χ0v) is 6.44. The molecule has 1 heterocycles. The SMILES string of the molecule is Cc1c[nH]c([C@H](N)C(F)(F)F)c1. The molecule has 0 amide bonds. The molecular formula is C7H9F3N2. The van der Waals surface area contributed by atoms with Crippen LogP contribution in [0.3, 0.4) is 0 Å². The first kappa shape index (κ1) is 9.12. The number of halogens is 3. The molecule has 0 bridgehead atoms. The Hall–Kier alpha value is -0.970. The van der Waals surface area contributed by atoms with Crippen LogP contribution < -0.4 is 5.73 Å². The van der Waals surface area contributed by atoms with E-state index in [1.165, 1.54) is 12.3 Å². The summed E-state index contributed by atoms with van der Waals surface area (Å²) in [6.45, 7) is 1.70. The van der Waals surface area contributed by atoms with E-state index in [1.54, 1.807) is 6.92 Å². The van der Waals surface area contributed by atoms with Gasteiger partial charge in [-0.2, -0.15) is 13.2 Å². The van der Waals surface area contributed by atoms with E-state index in [-0.39, 0.29) is 5.69 Å². The van der Waals surface area contributed by atoms with Crippen LogP contribution >= 0.6 is 0 Å². The predicted molar refractivity (Wildman–Crippen MR) is 38.5 cm³/mol. The zero-order chi connectivity index (χ0) is 9.35. The van der Waals surface area contributed by atoms with Crippen molar-refractivity contribution >= 4 is 0 Å². The van der Waals surface area contributed by atoms with Gasteiger partial charge in [-0.1, -0.05) is 0 Å². The molecule has 1 rings (SSSR count). The van der Waals surface area contributed by atoms with Gasteiger partial charge in [0.15, 0.2) is 0 Å². The average molecular weight is 178 g/mol. The van der Waals surface area contributed by atoms with Gasteiger partial charge in [-0.25, -0.2) is 0 Å². The molecule has 1 atom stereocenters. The fourth-order valence-electron chi connectivity index (χ4n) is 0.882. The van der Waals surface area contributed by atoms with Gasteiger partial charge in [-0.15, -0.1) is 0 Å². The van der Waals surface area contributed by atoms with Crippen LogP contribution in [0.25, 0.3) is 0 Å². The average Bonchev–Trinajstić information content (AvgIpc) is 2.32. The van der Waals surface area contributed by atoms with E-state index in [0.717, 1.165) is 5.56 Å². The Balaban J connectivity index is 2.85. The van der Waals surface area contributed by atoms with Crippen molar-refractivity contribution in [3.05, 3.63) is 23.5 Å². The van der Waals surface area contributed by atoms with Crippen molar-refractivity contribution in [2.75, 3.05) is 0 Å². The highest BCUT2D eigenvalue weighted by molar-refractivity contribution is 5.18. The first-order valence-electron chi connectivity index (χ1n) is 3.38. The summed E-state index contributed by atoms with van der Waals surface area (Å²) in [6.07, 6.45) is -2.89. The van der Waals surface area contributed by atoms with Crippen LogP contribution in [-0.4, -0.2) is 11.2 Å². The molecule has 0 radical (unpaired) electrons. The predicted octanol–water partition coefficient (Wildman–Crippen LogP) is 1.89. The van der Waals surface area contributed by atoms with Crippen molar-refractivity contribution in [2.24, 2.45) is 5.73 Å². The number of aromatic amines is 1. The summed E-state index contributed by atoms with van der Waals surface area (Å²) in [6, 6.07) is -0.524. The highest BCUT2D eigenvalue weighted by Gasteiger charge is 2.38. The van der Waals surface area contributed by atoms with E-state index in [4.69, 9.17) is 5.73 Å². The van der Waals surface area contributed by atoms with Crippen molar-refractivity contribution in [1.82, 2.24) is 4.98 Å². The lowest BCUT2D eigenvalue weighted by atomic mass is 10.2. The second-order valence-electron chi connectivity index (χ2n) is 2.65. The fraction of sp³-hybridized carbons (Fsp3) is 0.429. The van der Waals surface area contributed by atoms with E-state index in [9.17, 15) is 13.2 Å². The van der Waals surface area contributed by atoms with Gasteiger partial charge in [-0.3, -0.25) is 0 Å². The lowest BCUT2D eigenvalue weighted by Gasteiger charge is -2.13. The Morgan fingerprint density at radius 2 is 2.08 bits per heavy atom. The van der Waals surface area contributed by atoms with Crippen molar-refractivity contribution in [3.63, 3.8) is 0 Å². The molecule has 0 aromatic carbocycles. The Labute approximate surface area is 67.6 Å². The number of alkyl halides is 3. The number of nitrogens with two attached hydrogens (primary N) is 1. The standard InChI is InChI=1S/C7H9F3N2/c1-4-2-5(12-3-4)6(11)7(8,9)10/h2-3,6,12H,11H2,1H3/t6-/m0/s1. The lowest BCUT2D eigenvalue weighted by molar-refractivity contribution is -0.149. The van der Waals surface area contributed by atoms with Crippen molar-refractivity contribution in [1.29, 1.82) is 0 Å². The van der Waals surface area contributed by atoms with Crippen molar-refractivity contribution in [2.45, 2.75) is 19.1 Å². The lowest BCUT2D eigenvalue weighted by Crippen LogP contribution is -2.28. The van der Waals surface area contributed by atoms with Crippen LogP contribution in [0.15, 0.2) is 12.3 Å². The molecule has 3 N–H and O–H groups in total. The zero-order valence-electron chi connectivity index (χ0n) is 6.44. The maximum Gasteiger partial charge on any atom is 0.409 e. The van der Waals surface area contributed by atoms with E-state index < -0.39 is 12.2 Å². The van der Waals surface area contributed by atoms with Gasteiger partial charge in [0.05, 0.1) is 0 Å². The molecule has 2 nitrogen and oxygen atoms in total. The summed E-state index contributed by atoms with van der Waals surface area (Å²) in [5, 5.41) is 0. The number of rotatable bonds is 1. The highest BCUT2D eigenvalue weighted by Crippen LogP contribution is 2.29. The maximum atomic E-state index is 12.0. The minimum Gasteiger partial charge on any atom is -0.363 e. The van der Waals surface area contributed by atoms with Crippen LogP contribution in [0, 0.1) is 6.92 Å². The molecule has 1 aromatic heterocycles. The smallest absolute Gasteiger partial charge is 0.363 e. The number of hydrogen-bond donors (Lipinski definition) is 2. The largest absolute Gasteiger partial charge is 0.409 e. The topological polar surface area (TPSA) is 41.8 Å². The van der Waals surface area contributed by atoms with Crippen LogP contribution in [0.2, 0.25) is 0 Å². The molecule has 68 valence electrons. The van der Waals surface area contributed by atoms with Gasteiger partial charge in [0.1, 0.15) is 6.04 Å². The van der Waals surface area contributed by atoms with Gasteiger partial charge in [-0.05, 0) is 18.6 Å². The molecule has 0 unspecified atom stereocenters. The maximum absolute atomic E-state index is 12.0. The molecular weight excluding hydrogens is 169 g/mol. The number of H-pyrrole nitrogens is 1. The van der Waals surface area contributed by atoms with E-state index in [2.05, 4.69) is 4.98 Å². The molecule has 0 spiro atoms. The third-order valence-corrected chi connectivity index (χ3v) is 1.54. The molecule has 0 saturated carbocycles. The second kappa shape index (κ2) is 2.82. The van der Waals surface area contributed by atoms with Gasteiger partial charge >= 0.3 is 6.18 Å². The summed E-state index contributed by atoms with van der Waals surface area (Å²) >= 11 is 0. The summed E-state index contributed by atoms with van der Waals surface area (Å²) in [5.74, 6) is 0. The second-order valence-corrected chi connectivity index (χ2v) is 2.65. The number of hydrogen-bond acceptors (Lipinski definition) is 1. The first-order valence-corrected chi connectivity index (χ1v) is 3.38. The third-order valence-electron chi connectivity index (χ3n) is 1.54. The van der Waals surface area contributed by atoms with Crippen LogP contribution in [-0.2, 0) is 0 Å².